The lowest BCUT2D eigenvalue weighted by atomic mass is 10.3. The van der Waals surface area contributed by atoms with Gasteiger partial charge in [0.05, 0.1) is 18.7 Å². The number of aromatic nitrogens is 4. The van der Waals surface area contributed by atoms with Gasteiger partial charge in [0.15, 0.2) is 11.2 Å². The lowest BCUT2D eigenvalue weighted by Crippen LogP contribution is -2.03. The number of methoxy groups -OCH3 is 1. The third kappa shape index (κ3) is 2.30. The summed E-state index contributed by atoms with van der Waals surface area (Å²) in [4.78, 5) is 12.4. The van der Waals surface area contributed by atoms with Gasteiger partial charge in [-0.3, -0.25) is 4.57 Å². The highest BCUT2D eigenvalue weighted by Gasteiger charge is 2.19. The van der Waals surface area contributed by atoms with E-state index in [1.54, 1.807) is 12.1 Å². The molecule has 8 heteroatoms. The number of halogens is 3. The first-order valence-corrected chi connectivity index (χ1v) is 6.84. The number of rotatable bonds is 3. The lowest BCUT2D eigenvalue weighted by molar-refractivity contribution is 0.401. The normalized spacial score (nSPS) is 11.0. The predicted molar refractivity (Wildman–Crippen MR) is 77.7 cm³/mol. The van der Waals surface area contributed by atoms with Crippen molar-refractivity contribution in [3.63, 3.8) is 0 Å². The molecular weight excluding hydrogens is 318 g/mol. The maximum Gasteiger partial charge on any atom is 0.245 e. The van der Waals surface area contributed by atoms with E-state index in [1.165, 1.54) is 24.1 Å². The van der Waals surface area contributed by atoms with Crippen LogP contribution in [0.4, 0.5) is 4.39 Å². The molecule has 0 N–H and O–H groups in total. The minimum atomic E-state index is -0.495. The number of hydrogen-bond acceptors (Lipinski definition) is 4. The van der Waals surface area contributed by atoms with Gasteiger partial charge in [-0.15, -0.1) is 11.6 Å². The highest BCUT2D eigenvalue weighted by molar-refractivity contribution is 6.30. The zero-order valence-corrected chi connectivity index (χ0v) is 12.4. The molecule has 0 fully saturated rings. The van der Waals surface area contributed by atoms with Gasteiger partial charge >= 0.3 is 0 Å². The molecule has 0 aliphatic rings. The molecule has 0 saturated heterocycles. The standard InChI is InChI=1S/C13H9Cl2FN4O/c1-21-13-11-12(17-6-18-13)20(10(5-14)19-11)9-3-2-7(15)4-8(9)16/h2-4,6H,5H2,1H3. The second kappa shape index (κ2) is 5.46. The number of ether oxygens (including phenoxy) is 1. The maximum absolute atomic E-state index is 14.2. The average molecular weight is 327 g/mol. The smallest absolute Gasteiger partial charge is 0.245 e. The second-order valence-corrected chi connectivity index (χ2v) is 4.85. The minimum Gasteiger partial charge on any atom is -0.479 e. The van der Waals surface area contributed by atoms with Gasteiger partial charge in [-0.1, -0.05) is 11.6 Å². The average Bonchev–Trinajstić information content (AvgIpc) is 2.85. The summed E-state index contributed by atoms with van der Waals surface area (Å²) in [6, 6.07) is 4.35. The van der Waals surface area contributed by atoms with E-state index >= 15 is 0 Å². The van der Waals surface area contributed by atoms with Gasteiger partial charge < -0.3 is 4.74 Å². The summed E-state index contributed by atoms with van der Waals surface area (Å²) in [5.74, 6) is 0.332. The largest absolute Gasteiger partial charge is 0.479 e. The molecule has 108 valence electrons. The number of nitrogens with zero attached hydrogens (tertiary/aromatic N) is 4. The monoisotopic (exact) mass is 326 g/mol. The van der Waals surface area contributed by atoms with Crippen molar-refractivity contribution in [3.05, 3.63) is 41.2 Å². The summed E-state index contributed by atoms with van der Waals surface area (Å²) < 4.78 is 20.9. The Hall–Kier alpha value is -1.92. The molecule has 0 atom stereocenters. The molecule has 0 bridgehead atoms. The van der Waals surface area contributed by atoms with Gasteiger partial charge in [-0.25, -0.2) is 14.4 Å². The van der Waals surface area contributed by atoms with Crippen LogP contribution in [0.1, 0.15) is 5.82 Å². The van der Waals surface area contributed by atoms with Gasteiger partial charge in [0.2, 0.25) is 5.88 Å². The molecular formula is C13H9Cl2FN4O. The highest BCUT2D eigenvalue weighted by atomic mass is 35.5. The van der Waals surface area contributed by atoms with Crippen LogP contribution in [0, 0.1) is 5.82 Å². The van der Waals surface area contributed by atoms with Crippen molar-refractivity contribution in [1.29, 1.82) is 0 Å². The Balaban J connectivity index is 2.35. The van der Waals surface area contributed by atoms with Crippen LogP contribution in [-0.2, 0) is 5.88 Å². The Kier molecular flexibility index (Phi) is 3.65. The van der Waals surface area contributed by atoms with E-state index in [1.807, 2.05) is 0 Å². The van der Waals surface area contributed by atoms with E-state index in [0.29, 0.717) is 27.9 Å². The Morgan fingerprint density at radius 3 is 2.81 bits per heavy atom. The topological polar surface area (TPSA) is 52.8 Å². The molecule has 0 aliphatic heterocycles. The van der Waals surface area contributed by atoms with Gasteiger partial charge in [-0.2, -0.15) is 4.98 Å². The van der Waals surface area contributed by atoms with Crippen molar-refractivity contribution in [1.82, 2.24) is 19.5 Å². The molecule has 1 aromatic carbocycles. The number of hydrogen-bond donors (Lipinski definition) is 0. The van der Waals surface area contributed by atoms with Gasteiger partial charge in [0.1, 0.15) is 18.0 Å². The molecule has 0 saturated carbocycles. The van der Waals surface area contributed by atoms with Crippen molar-refractivity contribution in [2.45, 2.75) is 5.88 Å². The first-order valence-electron chi connectivity index (χ1n) is 5.93. The zero-order valence-electron chi connectivity index (χ0n) is 10.8. The number of benzene rings is 1. The molecule has 0 spiro atoms. The number of fused-ring (bicyclic) bond motifs is 1. The summed E-state index contributed by atoms with van der Waals surface area (Å²) in [6.07, 6.45) is 1.32. The summed E-state index contributed by atoms with van der Waals surface area (Å²) in [5, 5.41) is 0.306. The first kappa shape index (κ1) is 14.0. The van der Waals surface area contributed by atoms with E-state index in [4.69, 9.17) is 27.9 Å². The highest BCUT2D eigenvalue weighted by Crippen LogP contribution is 2.28. The fourth-order valence-corrected chi connectivity index (χ4v) is 2.41. The van der Waals surface area contributed by atoms with Crippen LogP contribution < -0.4 is 4.74 Å². The molecule has 3 rings (SSSR count). The second-order valence-electron chi connectivity index (χ2n) is 4.15. The van der Waals surface area contributed by atoms with Gasteiger partial charge in [-0.05, 0) is 18.2 Å². The summed E-state index contributed by atoms with van der Waals surface area (Å²) in [5.41, 5.74) is 1.10. The van der Waals surface area contributed by atoms with Crippen molar-refractivity contribution >= 4 is 34.4 Å². The number of imidazole rings is 1. The molecule has 0 aliphatic carbocycles. The van der Waals surface area contributed by atoms with E-state index in [0.717, 1.165) is 0 Å². The summed E-state index contributed by atoms with van der Waals surface area (Å²) >= 11 is 11.7. The Labute approximate surface area is 129 Å². The third-order valence-corrected chi connectivity index (χ3v) is 3.42. The van der Waals surface area contributed by atoms with Crippen molar-refractivity contribution < 1.29 is 9.13 Å². The van der Waals surface area contributed by atoms with E-state index < -0.39 is 5.82 Å². The van der Waals surface area contributed by atoms with Crippen molar-refractivity contribution in [3.8, 4) is 11.6 Å². The van der Waals surface area contributed by atoms with E-state index in [2.05, 4.69) is 15.0 Å². The van der Waals surface area contributed by atoms with Crippen LogP contribution in [0.2, 0.25) is 5.02 Å². The molecule has 3 aromatic rings. The Morgan fingerprint density at radius 2 is 2.14 bits per heavy atom. The van der Waals surface area contributed by atoms with Crippen LogP contribution in [0.15, 0.2) is 24.5 Å². The third-order valence-electron chi connectivity index (χ3n) is 2.94. The Bertz CT molecular complexity index is 821. The fourth-order valence-electron chi connectivity index (χ4n) is 2.07. The molecule has 0 unspecified atom stereocenters. The molecule has 0 amide bonds. The zero-order chi connectivity index (χ0) is 15.0. The van der Waals surface area contributed by atoms with Crippen LogP contribution in [0.25, 0.3) is 16.9 Å². The van der Waals surface area contributed by atoms with Crippen LogP contribution in [0.3, 0.4) is 0 Å². The summed E-state index contributed by atoms with van der Waals surface area (Å²) in [6.45, 7) is 0. The molecule has 5 nitrogen and oxygen atoms in total. The van der Waals surface area contributed by atoms with Crippen molar-refractivity contribution in [2.75, 3.05) is 7.11 Å². The van der Waals surface area contributed by atoms with Crippen LogP contribution in [-0.4, -0.2) is 26.6 Å². The van der Waals surface area contributed by atoms with Gasteiger partial charge in [0.25, 0.3) is 0 Å². The van der Waals surface area contributed by atoms with Gasteiger partial charge in [0, 0.05) is 5.02 Å². The molecule has 2 aromatic heterocycles. The van der Waals surface area contributed by atoms with Crippen molar-refractivity contribution in [2.24, 2.45) is 0 Å². The minimum absolute atomic E-state index is 0.0849. The summed E-state index contributed by atoms with van der Waals surface area (Å²) in [7, 11) is 1.48. The number of alkyl halides is 1. The molecule has 21 heavy (non-hydrogen) atoms. The van der Waals surface area contributed by atoms with Crippen LogP contribution >= 0.6 is 23.2 Å². The van der Waals surface area contributed by atoms with E-state index in [-0.39, 0.29) is 11.6 Å². The Morgan fingerprint density at radius 1 is 1.33 bits per heavy atom. The van der Waals surface area contributed by atoms with E-state index in [9.17, 15) is 4.39 Å². The molecule has 2 heterocycles. The quantitative estimate of drug-likeness (QED) is 0.692. The predicted octanol–water partition coefficient (Wildman–Crippen LogP) is 3.36. The lowest BCUT2D eigenvalue weighted by Gasteiger charge is -2.08. The molecule has 0 radical (unpaired) electrons. The van der Waals surface area contributed by atoms with Crippen LogP contribution in [0.5, 0.6) is 5.88 Å². The SMILES string of the molecule is COc1ncnc2c1nc(CCl)n2-c1ccc(Cl)cc1F. The first-order chi connectivity index (χ1) is 10.2. The fraction of sp³-hybridized carbons (Fsp3) is 0.154. The maximum atomic E-state index is 14.2.